The molecule has 0 bridgehead atoms. The fourth-order valence-corrected chi connectivity index (χ4v) is 12.0. The van der Waals surface area contributed by atoms with Gasteiger partial charge in [0, 0.05) is 82.0 Å². The van der Waals surface area contributed by atoms with Crippen LogP contribution in [0, 0.1) is 10.8 Å². The number of halogens is 2. The van der Waals surface area contributed by atoms with Crippen molar-refractivity contribution in [3.8, 4) is 0 Å². The molecule has 4 fully saturated rings. The summed E-state index contributed by atoms with van der Waals surface area (Å²) in [5, 5.41) is 11.4. The number of hydrogen-bond donors (Lipinski definition) is 2. The number of furan rings is 2. The first-order valence-electron chi connectivity index (χ1n) is 28.8. The van der Waals surface area contributed by atoms with Crippen LogP contribution in [-0.2, 0) is 15.6 Å². The number of fused-ring (bicyclic) bond motifs is 2. The summed E-state index contributed by atoms with van der Waals surface area (Å²) in [5.41, 5.74) is 7.37. The standard InChI is InChI=1S/C30H40N4O5.C26H39N3O2.C6H6BrNO3.3CH4.ClH/c1-28(2,3)19-14-20(18-8-10-29(4,5)11-9-18)31-21-15-23(39-24(19)21)25(35)34-13-12-33(17-30(34,6)7)27-32-22(16-38-27)26(36)37;1-24(2,3)18-14-19(17-8-10-25(4,5)11-9-17)28-20-15-21(31-22(18)20)23(30)29-13-12-27-16-26(29,6)7;1-2-10-5(9)4-3-11-6(7)8-4;;;;/h14-16,18H,8-13,17H2,1-7H3,(H,36,37);14-15,17,27H,8-13,16H2,1-7H3;3H,2H2,1H3;3*1H4;1H. The van der Waals surface area contributed by atoms with Crippen LogP contribution in [0.1, 0.15) is 254 Å². The quantitative estimate of drug-likeness (QED) is 0.135. The summed E-state index contributed by atoms with van der Waals surface area (Å²) >= 11 is 2.97. The number of aromatic carboxylic acids is 1. The Balaban J connectivity index is 0.000000301. The predicted molar refractivity (Wildman–Crippen MR) is 333 cm³/mol. The van der Waals surface area contributed by atoms with E-state index in [9.17, 15) is 24.3 Å². The maximum absolute atomic E-state index is 13.8. The highest BCUT2D eigenvalue weighted by Crippen LogP contribution is 2.46. The first kappa shape index (κ1) is 71.7. The van der Waals surface area contributed by atoms with Gasteiger partial charge in [-0.1, -0.05) is 91.5 Å². The Hall–Kier alpha value is -5.79. The van der Waals surface area contributed by atoms with Crippen molar-refractivity contribution in [2.24, 2.45) is 10.8 Å². The minimum absolute atomic E-state index is 0. The van der Waals surface area contributed by atoms with Gasteiger partial charge in [0.25, 0.3) is 22.6 Å². The fraction of sp³-hybridized carbons (Fsp3) is 0.631. The van der Waals surface area contributed by atoms with Crippen LogP contribution in [-0.4, -0.2) is 116 Å². The van der Waals surface area contributed by atoms with Gasteiger partial charge in [0.1, 0.15) is 23.6 Å². The third kappa shape index (κ3) is 16.6. The molecule has 2 aliphatic heterocycles. The van der Waals surface area contributed by atoms with Crippen LogP contribution in [0.3, 0.4) is 0 Å². The summed E-state index contributed by atoms with van der Waals surface area (Å²) in [6.07, 6.45) is 11.8. The van der Waals surface area contributed by atoms with Crippen LogP contribution in [0.4, 0.5) is 6.01 Å². The number of nitrogens with two attached hydrogens (primary N) is 1. The Morgan fingerprint density at radius 1 is 0.659 bits per heavy atom. The number of hydrogen-bond acceptors (Lipinski definition) is 14. The van der Waals surface area contributed by atoms with Crippen molar-refractivity contribution < 1.29 is 64.4 Å². The maximum Gasteiger partial charge on any atom is 0.360 e. The molecule has 0 aromatic carbocycles. The Labute approximate surface area is 519 Å². The van der Waals surface area contributed by atoms with Crippen molar-refractivity contribution >= 4 is 67.9 Å². The number of quaternary nitrogens is 1. The molecule has 2 aliphatic carbocycles. The molecule has 0 radical (unpaired) electrons. The first-order valence-corrected chi connectivity index (χ1v) is 29.6. The van der Waals surface area contributed by atoms with Crippen molar-refractivity contribution in [1.82, 2.24) is 29.7 Å². The number of aromatic nitrogens is 4. The molecular weight excluding hydrogens is 1170 g/mol. The lowest BCUT2D eigenvalue weighted by molar-refractivity contribution is -0.673. The van der Waals surface area contributed by atoms with E-state index >= 15 is 0 Å². The molecule has 3 N–H and O–H groups in total. The zero-order valence-electron chi connectivity index (χ0n) is 50.8. The number of rotatable bonds is 8. The monoisotopic (exact) mass is 1260 g/mol. The van der Waals surface area contributed by atoms with Gasteiger partial charge in [0.2, 0.25) is 0 Å². The highest BCUT2D eigenvalue weighted by molar-refractivity contribution is 9.10. The lowest BCUT2D eigenvalue weighted by Gasteiger charge is -2.46. The fourth-order valence-electron chi connectivity index (χ4n) is 11.7. The number of carboxylic acids is 1. The number of carbonyl (C=O) groups is 4. The SMILES string of the molecule is C.C.C.CC1(C)CCC(c2cc(C(C)(C)C)c3oc(C(=O)N4CCN(c5nc(C(=O)O)co5)CC4(C)C)cc3n2)CC1.CC1(C)CCC(c2cc(C(C)(C)C)c3oc(C(=O)N4CC[NH2+]CC4(C)C)cc3n2)CC1.CCOC(=O)c1coc(Br)n1.[Cl-]. The Morgan fingerprint density at radius 2 is 1.12 bits per heavy atom. The highest BCUT2D eigenvalue weighted by Gasteiger charge is 2.42. The van der Waals surface area contributed by atoms with E-state index in [2.05, 4.69) is 131 Å². The van der Waals surface area contributed by atoms with Crippen molar-refractivity contribution in [3.05, 3.63) is 87.0 Å². The summed E-state index contributed by atoms with van der Waals surface area (Å²) in [4.78, 5) is 73.1. The van der Waals surface area contributed by atoms with Crippen molar-refractivity contribution in [1.29, 1.82) is 0 Å². The molecule has 0 spiro atoms. The van der Waals surface area contributed by atoms with Gasteiger partial charge >= 0.3 is 11.9 Å². The van der Waals surface area contributed by atoms with E-state index in [1.54, 1.807) is 13.0 Å². The molecule has 85 heavy (non-hydrogen) atoms. The molecule has 4 aliphatic rings. The van der Waals surface area contributed by atoms with E-state index < -0.39 is 17.5 Å². The Kier molecular flexibility index (Phi) is 23.2. The minimum Gasteiger partial charge on any atom is -1.00 e. The van der Waals surface area contributed by atoms with Gasteiger partial charge in [0.05, 0.1) is 37.3 Å². The second-order valence-corrected chi connectivity index (χ2v) is 28.2. The number of oxazole rings is 2. The molecule has 20 heteroatoms. The van der Waals surface area contributed by atoms with Gasteiger partial charge in [0.15, 0.2) is 34.1 Å². The number of carbonyl (C=O) groups excluding carboxylic acids is 3. The summed E-state index contributed by atoms with van der Waals surface area (Å²) in [5.74, 6) is -0.191. The lowest BCUT2D eigenvalue weighted by atomic mass is 9.72. The molecule has 2 saturated carbocycles. The zero-order chi connectivity index (χ0) is 59.2. The number of pyridine rings is 2. The molecular formula is C65H98BrClN8O10. The summed E-state index contributed by atoms with van der Waals surface area (Å²) in [6.45, 7) is 36.7. The molecule has 8 heterocycles. The van der Waals surface area contributed by atoms with Crippen molar-refractivity contribution in [3.63, 3.8) is 0 Å². The summed E-state index contributed by atoms with van der Waals surface area (Å²) in [7, 11) is 0. The lowest BCUT2D eigenvalue weighted by Crippen LogP contribution is -3.00. The highest BCUT2D eigenvalue weighted by atomic mass is 79.9. The molecule has 6 aromatic heterocycles. The first-order chi connectivity index (χ1) is 37.8. The number of carboxylic acid groups (broad SMARTS) is 1. The van der Waals surface area contributed by atoms with Crippen LogP contribution >= 0.6 is 15.9 Å². The molecule has 6 aromatic rings. The molecule has 2 saturated heterocycles. The number of nitrogens with zero attached hydrogens (tertiary/aromatic N) is 7. The summed E-state index contributed by atoms with van der Waals surface area (Å²) < 4.78 is 27.3. The average molecular weight is 1270 g/mol. The number of piperazine rings is 2. The van der Waals surface area contributed by atoms with E-state index in [-0.39, 0.29) is 90.8 Å². The second-order valence-electron chi connectivity index (χ2n) is 27.5. The van der Waals surface area contributed by atoms with Gasteiger partial charge < -0.3 is 59.9 Å². The summed E-state index contributed by atoms with van der Waals surface area (Å²) in [6, 6.07) is 8.39. The average Bonchev–Trinajstić information content (AvgIpc) is 1.92. The van der Waals surface area contributed by atoms with Gasteiger partial charge in [-0.3, -0.25) is 9.59 Å². The smallest absolute Gasteiger partial charge is 0.360 e. The molecule has 0 unspecified atom stereocenters. The van der Waals surface area contributed by atoms with E-state index in [4.69, 9.17) is 27.6 Å². The van der Waals surface area contributed by atoms with Gasteiger partial charge in [-0.2, -0.15) is 9.97 Å². The topological polar surface area (TPSA) is 228 Å². The second kappa shape index (κ2) is 27.5. The van der Waals surface area contributed by atoms with Gasteiger partial charge in [-0.25, -0.2) is 19.6 Å². The molecule has 472 valence electrons. The molecule has 10 rings (SSSR count). The third-order valence-corrected chi connectivity index (χ3v) is 17.2. The van der Waals surface area contributed by atoms with Crippen molar-refractivity contribution in [2.75, 3.05) is 50.8 Å². The van der Waals surface area contributed by atoms with Gasteiger partial charge in [-0.05, 0) is 120 Å². The number of amides is 2. The van der Waals surface area contributed by atoms with E-state index in [0.29, 0.717) is 60.3 Å². The maximum atomic E-state index is 13.8. The van der Waals surface area contributed by atoms with Crippen molar-refractivity contribution in [2.45, 2.75) is 211 Å². The predicted octanol–water partition coefficient (Wildman–Crippen LogP) is 11.4. The van der Waals surface area contributed by atoms with E-state index in [1.165, 1.54) is 50.5 Å². The van der Waals surface area contributed by atoms with E-state index in [0.717, 1.165) is 72.2 Å². The van der Waals surface area contributed by atoms with Crippen LogP contribution in [0.25, 0.3) is 22.2 Å². The molecule has 0 atom stereocenters. The normalized spacial score (nSPS) is 18.5. The molecule has 18 nitrogen and oxygen atoms in total. The van der Waals surface area contributed by atoms with Crippen LogP contribution in [0.5, 0.6) is 0 Å². The Morgan fingerprint density at radius 3 is 1.51 bits per heavy atom. The van der Waals surface area contributed by atoms with Gasteiger partial charge in [-0.15, -0.1) is 0 Å². The van der Waals surface area contributed by atoms with E-state index in [1.807, 2.05) is 34.6 Å². The van der Waals surface area contributed by atoms with Crippen LogP contribution in [0.15, 0.2) is 59.3 Å². The van der Waals surface area contributed by atoms with Crippen LogP contribution < -0.4 is 22.6 Å². The number of ether oxygens (including phenoxy) is 1. The minimum atomic E-state index is -1.14. The zero-order valence-corrected chi connectivity index (χ0v) is 53.2. The largest absolute Gasteiger partial charge is 1.00 e. The Bertz CT molecular complexity index is 3250. The molecule has 2 amide bonds. The third-order valence-electron chi connectivity index (χ3n) is 16.8. The number of esters is 1. The van der Waals surface area contributed by atoms with Crippen LogP contribution in [0.2, 0.25) is 0 Å². The number of anilines is 1.